The van der Waals surface area contributed by atoms with Crippen LogP contribution in [0.3, 0.4) is 0 Å². The zero-order valence-corrected chi connectivity index (χ0v) is 8.44. The molecule has 0 fully saturated rings. The first-order chi connectivity index (χ1) is 7.61. The Kier molecular flexibility index (Phi) is 3.71. The van der Waals surface area contributed by atoms with Crippen molar-refractivity contribution in [2.45, 2.75) is 24.8 Å². The van der Waals surface area contributed by atoms with Gasteiger partial charge in [-0.3, -0.25) is 0 Å². The van der Waals surface area contributed by atoms with E-state index < -0.39 is 35.9 Å². The second-order valence-electron chi connectivity index (χ2n) is 3.51. The van der Waals surface area contributed by atoms with Gasteiger partial charge in [0, 0.05) is 6.04 Å². The highest BCUT2D eigenvalue weighted by molar-refractivity contribution is 5.32. The number of alkyl halides is 6. The zero-order chi connectivity index (χ0) is 13.3. The molecule has 0 spiro atoms. The van der Waals surface area contributed by atoms with Gasteiger partial charge < -0.3 is 5.73 Å². The molecule has 7 heteroatoms. The summed E-state index contributed by atoms with van der Waals surface area (Å²) in [6.45, 7) is 0. The van der Waals surface area contributed by atoms with E-state index in [1.165, 1.54) is 6.07 Å². The van der Waals surface area contributed by atoms with Gasteiger partial charge in [0.25, 0.3) is 0 Å². The van der Waals surface area contributed by atoms with Crippen LogP contribution in [0, 0.1) is 0 Å². The van der Waals surface area contributed by atoms with Crippen molar-refractivity contribution >= 4 is 0 Å². The maximum atomic E-state index is 12.5. The van der Waals surface area contributed by atoms with Crippen molar-refractivity contribution in [3.05, 3.63) is 35.4 Å². The van der Waals surface area contributed by atoms with E-state index in [0.29, 0.717) is 6.07 Å². The number of benzene rings is 1. The molecule has 0 aliphatic carbocycles. The Labute approximate surface area is 93.2 Å². The van der Waals surface area contributed by atoms with Crippen molar-refractivity contribution in [3.63, 3.8) is 0 Å². The first kappa shape index (κ1) is 13.8. The maximum absolute atomic E-state index is 12.5. The summed E-state index contributed by atoms with van der Waals surface area (Å²) in [7, 11) is 0. The van der Waals surface area contributed by atoms with Crippen LogP contribution in [0.15, 0.2) is 24.3 Å². The molecule has 1 aromatic carbocycles. The minimum absolute atomic E-state index is 0.544. The third kappa shape index (κ3) is 3.92. The van der Waals surface area contributed by atoms with Crippen LogP contribution in [0.2, 0.25) is 0 Å². The van der Waals surface area contributed by atoms with E-state index in [1.807, 2.05) is 0 Å². The Bertz CT molecular complexity index is 381. The lowest BCUT2D eigenvalue weighted by Crippen LogP contribution is -2.23. The summed E-state index contributed by atoms with van der Waals surface area (Å²) in [6, 6.07) is 2.28. The third-order valence-electron chi connectivity index (χ3n) is 2.12. The Morgan fingerprint density at radius 1 is 1.00 bits per heavy atom. The van der Waals surface area contributed by atoms with Crippen LogP contribution in [0.1, 0.15) is 23.6 Å². The molecular formula is C10H9F6N. The van der Waals surface area contributed by atoms with E-state index in [-0.39, 0.29) is 0 Å². The van der Waals surface area contributed by atoms with Gasteiger partial charge >= 0.3 is 12.4 Å². The largest absolute Gasteiger partial charge is 0.416 e. The molecule has 0 aliphatic heterocycles. The molecule has 0 aromatic heterocycles. The molecule has 0 saturated carbocycles. The fourth-order valence-electron chi connectivity index (χ4n) is 1.44. The molecule has 0 radical (unpaired) electrons. The fourth-order valence-corrected chi connectivity index (χ4v) is 1.44. The van der Waals surface area contributed by atoms with Gasteiger partial charge in [0.1, 0.15) is 0 Å². The summed E-state index contributed by atoms with van der Waals surface area (Å²) in [4.78, 5) is 0. The molecule has 1 rings (SSSR count). The third-order valence-corrected chi connectivity index (χ3v) is 2.12. The van der Waals surface area contributed by atoms with Crippen LogP contribution < -0.4 is 5.73 Å². The van der Waals surface area contributed by atoms with Gasteiger partial charge in [-0.05, 0) is 11.6 Å². The highest BCUT2D eigenvalue weighted by Crippen LogP contribution is 2.36. The van der Waals surface area contributed by atoms with Crippen molar-refractivity contribution in [3.8, 4) is 0 Å². The molecule has 1 aromatic rings. The fraction of sp³-hybridized carbons (Fsp3) is 0.400. The number of hydrogen-bond donors (Lipinski definition) is 1. The first-order valence-electron chi connectivity index (χ1n) is 4.60. The molecule has 1 nitrogen and oxygen atoms in total. The topological polar surface area (TPSA) is 26.0 Å². The van der Waals surface area contributed by atoms with E-state index in [2.05, 4.69) is 0 Å². The van der Waals surface area contributed by atoms with E-state index in [9.17, 15) is 26.3 Å². The number of nitrogens with two attached hydrogens (primary N) is 1. The number of halogens is 6. The molecular weight excluding hydrogens is 248 g/mol. The Morgan fingerprint density at radius 2 is 1.53 bits per heavy atom. The lowest BCUT2D eigenvalue weighted by atomic mass is 9.98. The minimum Gasteiger partial charge on any atom is -0.324 e. The van der Waals surface area contributed by atoms with Crippen LogP contribution >= 0.6 is 0 Å². The molecule has 96 valence electrons. The van der Waals surface area contributed by atoms with Crippen LogP contribution in [0.4, 0.5) is 26.3 Å². The predicted octanol–water partition coefficient (Wildman–Crippen LogP) is 3.66. The van der Waals surface area contributed by atoms with Crippen LogP contribution in [0.25, 0.3) is 0 Å². The van der Waals surface area contributed by atoms with E-state index in [4.69, 9.17) is 5.73 Å². The summed E-state index contributed by atoms with van der Waals surface area (Å²) in [6.07, 6.45) is -10.8. The zero-order valence-electron chi connectivity index (χ0n) is 8.44. The Balaban J connectivity index is 3.06. The second-order valence-corrected chi connectivity index (χ2v) is 3.51. The van der Waals surface area contributed by atoms with Crippen molar-refractivity contribution in [1.82, 2.24) is 0 Å². The van der Waals surface area contributed by atoms with Crippen LogP contribution in [-0.4, -0.2) is 6.18 Å². The molecule has 0 saturated heterocycles. The van der Waals surface area contributed by atoms with Gasteiger partial charge in [-0.25, -0.2) is 0 Å². The summed E-state index contributed by atoms with van der Waals surface area (Å²) in [5, 5.41) is 0. The van der Waals surface area contributed by atoms with Gasteiger partial charge in [0.05, 0.1) is 12.0 Å². The average Bonchev–Trinajstić information content (AvgIpc) is 2.13. The van der Waals surface area contributed by atoms with E-state index >= 15 is 0 Å². The summed E-state index contributed by atoms with van der Waals surface area (Å²) in [5.41, 5.74) is 3.49. The van der Waals surface area contributed by atoms with E-state index in [1.54, 1.807) is 0 Å². The van der Waals surface area contributed by atoms with Crippen LogP contribution in [-0.2, 0) is 6.18 Å². The molecule has 1 atom stereocenters. The normalized spacial score (nSPS) is 14.8. The number of rotatable bonds is 2. The van der Waals surface area contributed by atoms with Gasteiger partial charge in [0.15, 0.2) is 0 Å². The highest BCUT2D eigenvalue weighted by Gasteiger charge is 2.37. The molecule has 0 amide bonds. The first-order valence-corrected chi connectivity index (χ1v) is 4.60. The molecule has 0 aliphatic rings. The van der Waals surface area contributed by atoms with Crippen molar-refractivity contribution in [1.29, 1.82) is 0 Å². The van der Waals surface area contributed by atoms with Crippen molar-refractivity contribution in [2.75, 3.05) is 0 Å². The van der Waals surface area contributed by atoms with Crippen molar-refractivity contribution in [2.24, 2.45) is 5.73 Å². The standard InChI is InChI=1S/C10H9F6N/c11-9(12,13)5-8(17)6-3-1-2-4-7(6)10(14,15)16/h1-4,8H,5,17H2. The minimum atomic E-state index is -4.71. The Morgan fingerprint density at radius 3 is 2.00 bits per heavy atom. The maximum Gasteiger partial charge on any atom is 0.416 e. The van der Waals surface area contributed by atoms with Crippen molar-refractivity contribution < 1.29 is 26.3 Å². The van der Waals surface area contributed by atoms with Gasteiger partial charge in [0.2, 0.25) is 0 Å². The monoisotopic (exact) mass is 257 g/mol. The molecule has 17 heavy (non-hydrogen) atoms. The quantitative estimate of drug-likeness (QED) is 0.804. The highest BCUT2D eigenvalue weighted by atomic mass is 19.4. The number of hydrogen-bond acceptors (Lipinski definition) is 1. The summed E-state index contributed by atoms with van der Waals surface area (Å²) < 4.78 is 73.7. The summed E-state index contributed by atoms with van der Waals surface area (Å²) in [5.74, 6) is 0. The molecule has 2 N–H and O–H groups in total. The molecule has 0 heterocycles. The predicted molar refractivity (Wildman–Crippen MR) is 49.0 cm³/mol. The SMILES string of the molecule is NC(CC(F)(F)F)c1ccccc1C(F)(F)F. The lowest BCUT2D eigenvalue weighted by molar-refractivity contribution is -0.144. The smallest absolute Gasteiger partial charge is 0.324 e. The Hall–Kier alpha value is -1.24. The average molecular weight is 257 g/mol. The van der Waals surface area contributed by atoms with Gasteiger partial charge in [-0.1, -0.05) is 18.2 Å². The second kappa shape index (κ2) is 4.56. The summed E-state index contributed by atoms with van der Waals surface area (Å²) >= 11 is 0. The van der Waals surface area contributed by atoms with Crippen LogP contribution in [0.5, 0.6) is 0 Å². The molecule has 0 bridgehead atoms. The van der Waals surface area contributed by atoms with Gasteiger partial charge in [-0.2, -0.15) is 26.3 Å². The lowest BCUT2D eigenvalue weighted by Gasteiger charge is -2.19. The van der Waals surface area contributed by atoms with E-state index in [0.717, 1.165) is 12.1 Å². The molecule has 1 unspecified atom stereocenters. The van der Waals surface area contributed by atoms with Gasteiger partial charge in [-0.15, -0.1) is 0 Å².